The molecule has 0 aliphatic rings. The van der Waals surface area contributed by atoms with Crippen LogP contribution in [0, 0.1) is 26.2 Å². The molecule has 2 heterocycles. The average molecular weight is 321 g/mol. The van der Waals surface area contributed by atoms with Gasteiger partial charge in [0.25, 0.3) is 10.0 Å². The van der Waals surface area contributed by atoms with Crippen LogP contribution in [0.25, 0.3) is 0 Å². The summed E-state index contributed by atoms with van der Waals surface area (Å²) in [5.41, 5.74) is 0.633. The van der Waals surface area contributed by atoms with Gasteiger partial charge in [0, 0.05) is 18.9 Å². The van der Waals surface area contributed by atoms with Gasteiger partial charge in [-0.25, -0.2) is 17.7 Å². The highest BCUT2D eigenvalue weighted by Crippen LogP contribution is 2.28. The second-order valence-electron chi connectivity index (χ2n) is 4.45. The molecule has 0 atom stereocenters. The van der Waals surface area contributed by atoms with E-state index in [0.717, 1.165) is 4.31 Å². The van der Waals surface area contributed by atoms with E-state index < -0.39 is 10.0 Å². The predicted octanol–water partition coefficient (Wildman–Crippen LogP) is 1.47. The second-order valence-corrected chi connectivity index (χ2v) is 6.28. The molecule has 0 amide bonds. The molecular formula is C14H15N3O4S. The minimum absolute atomic E-state index is 0.0291. The van der Waals surface area contributed by atoms with Gasteiger partial charge in [0.15, 0.2) is 5.82 Å². The van der Waals surface area contributed by atoms with Gasteiger partial charge in [-0.15, -0.1) is 6.42 Å². The minimum atomic E-state index is -3.99. The van der Waals surface area contributed by atoms with Crippen LogP contribution in [0.3, 0.4) is 0 Å². The first-order chi connectivity index (χ1) is 10.4. The molecule has 0 bridgehead atoms. The molecule has 0 saturated heterocycles. The molecule has 2 aromatic heterocycles. The molecule has 116 valence electrons. The molecule has 0 saturated carbocycles. The monoisotopic (exact) mass is 321 g/mol. The fraction of sp³-hybridized carbons (Fsp3) is 0.286. The molecule has 0 unspecified atom stereocenters. The second kappa shape index (κ2) is 6.17. The van der Waals surface area contributed by atoms with Gasteiger partial charge < -0.3 is 9.26 Å². The first-order valence-electron chi connectivity index (χ1n) is 6.29. The van der Waals surface area contributed by atoms with E-state index in [9.17, 15) is 8.42 Å². The molecule has 7 nitrogen and oxygen atoms in total. The molecule has 0 aliphatic carbocycles. The number of hydrogen-bond donors (Lipinski definition) is 0. The van der Waals surface area contributed by atoms with E-state index in [1.807, 2.05) is 0 Å². The van der Waals surface area contributed by atoms with Crippen LogP contribution in [0.1, 0.15) is 17.0 Å². The van der Waals surface area contributed by atoms with E-state index >= 15 is 0 Å². The molecule has 8 heteroatoms. The van der Waals surface area contributed by atoms with Crippen LogP contribution < -0.4 is 4.31 Å². The quantitative estimate of drug-likeness (QED) is 0.612. The highest BCUT2D eigenvalue weighted by Gasteiger charge is 2.31. The third-order valence-electron chi connectivity index (χ3n) is 3.09. The van der Waals surface area contributed by atoms with Crippen molar-refractivity contribution in [1.82, 2.24) is 10.1 Å². The summed E-state index contributed by atoms with van der Waals surface area (Å²) < 4.78 is 36.8. The van der Waals surface area contributed by atoms with Gasteiger partial charge in [-0.1, -0.05) is 5.16 Å². The highest BCUT2D eigenvalue weighted by atomic mass is 32.2. The third kappa shape index (κ3) is 2.68. The Hall–Kier alpha value is -2.37. The number of nitrogens with zero attached hydrogens (tertiary/aromatic N) is 3. The number of terminal acetylenes is 1. The zero-order chi connectivity index (χ0) is 16.3. The zero-order valence-corrected chi connectivity index (χ0v) is 13.2. The number of pyridine rings is 1. The summed E-state index contributed by atoms with van der Waals surface area (Å²) in [6.45, 7) is 3.18. The highest BCUT2D eigenvalue weighted by molar-refractivity contribution is 7.92. The maximum atomic E-state index is 12.9. The van der Waals surface area contributed by atoms with Crippen molar-refractivity contribution in [3.8, 4) is 12.3 Å². The van der Waals surface area contributed by atoms with E-state index in [0.29, 0.717) is 11.3 Å². The Balaban J connectivity index is 2.62. The SMILES string of the molecule is C#Cc1ncccc1S(=O)(=O)N(COC)c1noc(C)c1C. The van der Waals surface area contributed by atoms with Gasteiger partial charge in [-0.3, -0.25) is 0 Å². The van der Waals surface area contributed by atoms with Gasteiger partial charge in [0.05, 0.1) is 0 Å². The first kappa shape index (κ1) is 16.0. The molecule has 2 rings (SSSR count). The fourth-order valence-electron chi connectivity index (χ4n) is 1.83. The topological polar surface area (TPSA) is 85.5 Å². The van der Waals surface area contributed by atoms with E-state index in [1.165, 1.54) is 25.4 Å². The number of anilines is 1. The lowest BCUT2D eigenvalue weighted by atomic mass is 10.3. The lowest BCUT2D eigenvalue weighted by molar-refractivity contribution is 0.208. The van der Waals surface area contributed by atoms with Gasteiger partial charge in [-0.05, 0) is 31.9 Å². The molecule has 0 radical (unpaired) electrons. The number of rotatable bonds is 5. The van der Waals surface area contributed by atoms with Crippen molar-refractivity contribution in [3.05, 3.63) is 35.3 Å². The molecule has 0 aromatic carbocycles. The molecule has 0 spiro atoms. The van der Waals surface area contributed by atoms with Crippen LogP contribution >= 0.6 is 0 Å². The normalized spacial score (nSPS) is 11.2. The third-order valence-corrected chi connectivity index (χ3v) is 4.83. The van der Waals surface area contributed by atoms with E-state index in [4.69, 9.17) is 15.7 Å². The smallest absolute Gasteiger partial charge is 0.270 e. The van der Waals surface area contributed by atoms with Crippen LogP contribution in [0.5, 0.6) is 0 Å². The predicted molar refractivity (Wildman–Crippen MR) is 79.7 cm³/mol. The molecule has 0 N–H and O–H groups in total. The van der Waals surface area contributed by atoms with Crippen molar-refractivity contribution >= 4 is 15.8 Å². The Labute approximate surface area is 128 Å². The van der Waals surface area contributed by atoms with Crippen molar-refractivity contribution in [1.29, 1.82) is 0 Å². The van der Waals surface area contributed by atoms with Crippen LogP contribution in [-0.4, -0.2) is 32.4 Å². The van der Waals surface area contributed by atoms with Gasteiger partial charge in [-0.2, -0.15) is 0 Å². The lowest BCUT2D eigenvalue weighted by Gasteiger charge is -2.21. The summed E-state index contributed by atoms with van der Waals surface area (Å²) in [6, 6.07) is 2.89. The van der Waals surface area contributed by atoms with Gasteiger partial charge in [0.2, 0.25) is 0 Å². The number of aryl methyl sites for hydroxylation is 1. The number of sulfonamides is 1. The molecule has 22 heavy (non-hydrogen) atoms. The van der Waals surface area contributed by atoms with Crippen LogP contribution in [-0.2, 0) is 14.8 Å². The summed E-state index contributed by atoms with van der Waals surface area (Å²) in [6.07, 6.45) is 6.76. The standard InChI is InChI=1S/C14H15N3O4S/c1-5-12-13(7-6-8-15-12)22(18,19)17(9-20-4)14-10(2)11(3)21-16-14/h1,6-8H,9H2,2-4H3. The van der Waals surface area contributed by atoms with E-state index in [2.05, 4.69) is 16.1 Å². The summed E-state index contributed by atoms with van der Waals surface area (Å²) in [5, 5.41) is 3.80. The van der Waals surface area contributed by atoms with Crippen LogP contribution in [0.4, 0.5) is 5.82 Å². The number of aromatic nitrogens is 2. The van der Waals surface area contributed by atoms with Crippen molar-refractivity contribution in [2.45, 2.75) is 18.7 Å². The Morgan fingerprint density at radius 2 is 2.18 bits per heavy atom. The summed E-state index contributed by atoms with van der Waals surface area (Å²) in [4.78, 5) is 3.81. The Morgan fingerprint density at radius 3 is 2.73 bits per heavy atom. The van der Waals surface area contributed by atoms with Crippen LogP contribution in [0.15, 0.2) is 27.7 Å². The molecular weight excluding hydrogens is 306 g/mol. The number of methoxy groups -OCH3 is 1. The minimum Gasteiger partial charge on any atom is -0.363 e. The van der Waals surface area contributed by atoms with Gasteiger partial charge >= 0.3 is 0 Å². The maximum absolute atomic E-state index is 12.9. The van der Waals surface area contributed by atoms with E-state index in [1.54, 1.807) is 13.8 Å². The average Bonchev–Trinajstić information content (AvgIpc) is 2.84. The first-order valence-corrected chi connectivity index (χ1v) is 7.73. The number of ether oxygens (including phenoxy) is 1. The Kier molecular flexibility index (Phi) is 4.49. The fourth-order valence-corrected chi connectivity index (χ4v) is 3.31. The molecule has 0 aliphatic heterocycles. The van der Waals surface area contributed by atoms with Crippen molar-refractivity contribution < 1.29 is 17.7 Å². The summed E-state index contributed by atoms with van der Waals surface area (Å²) >= 11 is 0. The number of hydrogen-bond acceptors (Lipinski definition) is 6. The van der Waals surface area contributed by atoms with Crippen molar-refractivity contribution in [3.63, 3.8) is 0 Å². The molecule has 2 aromatic rings. The maximum Gasteiger partial charge on any atom is 0.270 e. The van der Waals surface area contributed by atoms with Crippen molar-refractivity contribution in [2.75, 3.05) is 18.1 Å². The zero-order valence-electron chi connectivity index (χ0n) is 12.4. The summed E-state index contributed by atoms with van der Waals surface area (Å²) in [5.74, 6) is 2.95. The Bertz CT molecular complexity index is 821. The van der Waals surface area contributed by atoms with Crippen LogP contribution in [0.2, 0.25) is 0 Å². The lowest BCUT2D eigenvalue weighted by Crippen LogP contribution is -2.34. The molecule has 0 fully saturated rings. The Morgan fingerprint density at radius 1 is 1.45 bits per heavy atom. The largest absolute Gasteiger partial charge is 0.363 e. The summed E-state index contributed by atoms with van der Waals surface area (Å²) in [7, 11) is -2.60. The van der Waals surface area contributed by atoms with Gasteiger partial charge in [0.1, 0.15) is 23.1 Å². The van der Waals surface area contributed by atoms with E-state index in [-0.39, 0.29) is 23.1 Å². The van der Waals surface area contributed by atoms with Crippen molar-refractivity contribution in [2.24, 2.45) is 0 Å².